The molecule has 0 unspecified atom stereocenters. The van der Waals surface area contributed by atoms with Gasteiger partial charge in [-0.05, 0) is 58.4 Å². The highest BCUT2D eigenvalue weighted by molar-refractivity contribution is 9.10. The number of ether oxygens (including phenoxy) is 1. The Morgan fingerprint density at radius 3 is 2.53 bits per heavy atom. The normalized spacial score (nSPS) is 10.0. The molecule has 5 heteroatoms. The van der Waals surface area contributed by atoms with Crippen molar-refractivity contribution in [1.82, 2.24) is 0 Å². The van der Waals surface area contributed by atoms with E-state index in [9.17, 15) is 9.90 Å². The molecule has 0 fully saturated rings. The van der Waals surface area contributed by atoms with Gasteiger partial charge in [-0.15, -0.1) is 0 Å². The van der Waals surface area contributed by atoms with Gasteiger partial charge in [0, 0.05) is 10.2 Å². The van der Waals surface area contributed by atoms with E-state index in [0.29, 0.717) is 21.5 Å². The molecule has 19 heavy (non-hydrogen) atoms. The fraction of sp³-hybridized carbons (Fsp3) is 0.0714. The van der Waals surface area contributed by atoms with Gasteiger partial charge in [-0.25, -0.2) is 0 Å². The van der Waals surface area contributed by atoms with Crippen LogP contribution in [0.15, 0.2) is 46.9 Å². The molecule has 0 spiro atoms. The highest BCUT2D eigenvalue weighted by atomic mass is 79.9. The molecule has 2 N–H and O–H groups in total. The second-order valence-corrected chi connectivity index (χ2v) is 4.70. The first-order valence-corrected chi connectivity index (χ1v) is 6.33. The van der Waals surface area contributed by atoms with Crippen molar-refractivity contribution >= 4 is 27.5 Å². The number of carbonyl (C=O) groups is 1. The summed E-state index contributed by atoms with van der Waals surface area (Å²) in [5.74, 6) is 0.510. The molecule has 1 amide bonds. The van der Waals surface area contributed by atoms with Crippen LogP contribution < -0.4 is 10.1 Å². The van der Waals surface area contributed by atoms with Crippen LogP contribution in [0.1, 0.15) is 10.4 Å². The number of carbonyl (C=O) groups excluding carboxylic acids is 1. The predicted octanol–water partition coefficient (Wildman–Crippen LogP) is 3.42. The van der Waals surface area contributed by atoms with Crippen molar-refractivity contribution in [3.63, 3.8) is 0 Å². The van der Waals surface area contributed by atoms with Crippen molar-refractivity contribution in [2.24, 2.45) is 0 Å². The fourth-order valence-electron chi connectivity index (χ4n) is 1.55. The Morgan fingerprint density at radius 1 is 1.21 bits per heavy atom. The number of halogens is 1. The average Bonchev–Trinajstić information content (AvgIpc) is 2.42. The SMILES string of the molecule is COc1ccc(Br)c(C(=O)Nc2ccc(O)cc2)c1. The van der Waals surface area contributed by atoms with Gasteiger partial charge >= 0.3 is 0 Å². The highest BCUT2D eigenvalue weighted by Gasteiger charge is 2.11. The van der Waals surface area contributed by atoms with Crippen LogP contribution in [0.5, 0.6) is 11.5 Å². The van der Waals surface area contributed by atoms with E-state index in [1.54, 1.807) is 37.4 Å². The monoisotopic (exact) mass is 321 g/mol. The number of hydrogen-bond donors (Lipinski definition) is 2. The number of phenolic OH excluding ortho intramolecular Hbond substituents is 1. The van der Waals surface area contributed by atoms with E-state index in [-0.39, 0.29) is 11.7 Å². The van der Waals surface area contributed by atoms with Crippen LogP contribution in [0.4, 0.5) is 5.69 Å². The molecule has 0 bridgehead atoms. The van der Waals surface area contributed by atoms with Crippen LogP contribution in [0.3, 0.4) is 0 Å². The third-order valence-corrected chi connectivity index (χ3v) is 3.23. The van der Waals surface area contributed by atoms with Crippen molar-refractivity contribution in [3.8, 4) is 11.5 Å². The van der Waals surface area contributed by atoms with Crippen LogP contribution >= 0.6 is 15.9 Å². The number of amides is 1. The summed E-state index contributed by atoms with van der Waals surface area (Å²) in [5, 5.41) is 11.9. The minimum Gasteiger partial charge on any atom is -0.508 e. The van der Waals surface area contributed by atoms with Crippen LogP contribution in [0, 0.1) is 0 Å². The third-order valence-electron chi connectivity index (χ3n) is 2.54. The number of aromatic hydroxyl groups is 1. The quantitative estimate of drug-likeness (QED) is 0.852. The second-order valence-electron chi connectivity index (χ2n) is 3.85. The summed E-state index contributed by atoms with van der Waals surface area (Å²) < 4.78 is 5.78. The van der Waals surface area contributed by atoms with E-state index in [1.807, 2.05) is 0 Å². The molecule has 0 aliphatic carbocycles. The zero-order chi connectivity index (χ0) is 13.8. The first-order chi connectivity index (χ1) is 9.10. The largest absolute Gasteiger partial charge is 0.508 e. The van der Waals surface area contributed by atoms with Crippen molar-refractivity contribution in [1.29, 1.82) is 0 Å². The lowest BCUT2D eigenvalue weighted by Gasteiger charge is -2.08. The van der Waals surface area contributed by atoms with Crippen molar-refractivity contribution < 1.29 is 14.6 Å². The van der Waals surface area contributed by atoms with E-state index in [2.05, 4.69) is 21.2 Å². The molecule has 2 aromatic rings. The fourth-order valence-corrected chi connectivity index (χ4v) is 1.98. The van der Waals surface area contributed by atoms with Gasteiger partial charge in [0.05, 0.1) is 12.7 Å². The number of anilines is 1. The lowest BCUT2D eigenvalue weighted by molar-refractivity contribution is 0.102. The molecule has 4 nitrogen and oxygen atoms in total. The van der Waals surface area contributed by atoms with Gasteiger partial charge < -0.3 is 15.2 Å². The molecule has 0 saturated carbocycles. The van der Waals surface area contributed by atoms with Crippen molar-refractivity contribution in [2.75, 3.05) is 12.4 Å². The van der Waals surface area contributed by atoms with Crippen LogP contribution in [-0.4, -0.2) is 18.1 Å². The maximum Gasteiger partial charge on any atom is 0.256 e. The summed E-state index contributed by atoms with van der Waals surface area (Å²) in [4.78, 5) is 12.1. The van der Waals surface area contributed by atoms with Gasteiger partial charge in [-0.3, -0.25) is 4.79 Å². The summed E-state index contributed by atoms with van der Waals surface area (Å²) in [7, 11) is 1.55. The molecule has 0 atom stereocenters. The molecule has 0 aliphatic heterocycles. The number of phenols is 1. The number of benzene rings is 2. The second kappa shape index (κ2) is 5.75. The predicted molar refractivity (Wildman–Crippen MR) is 76.8 cm³/mol. The summed E-state index contributed by atoms with van der Waals surface area (Å²) in [6.45, 7) is 0. The molecule has 0 saturated heterocycles. The smallest absolute Gasteiger partial charge is 0.256 e. The van der Waals surface area contributed by atoms with E-state index >= 15 is 0 Å². The van der Waals surface area contributed by atoms with Gasteiger partial charge in [0.2, 0.25) is 0 Å². The Labute approximate surface area is 119 Å². The first kappa shape index (κ1) is 13.4. The molecule has 0 heterocycles. The number of methoxy groups -OCH3 is 1. The standard InChI is InChI=1S/C14H12BrNO3/c1-19-11-6-7-13(15)12(8-11)14(18)16-9-2-4-10(17)5-3-9/h2-8,17H,1H3,(H,16,18). The van der Waals surface area contributed by atoms with Crippen LogP contribution in [0.2, 0.25) is 0 Å². The van der Waals surface area contributed by atoms with E-state index in [1.165, 1.54) is 12.1 Å². The molecule has 0 aliphatic rings. The van der Waals surface area contributed by atoms with E-state index < -0.39 is 0 Å². The first-order valence-electron chi connectivity index (χ1n) is 5.54. The Kier molecular flexibility index (Phi) is 4.06. The molecule has 0 aromatic heterocycles. The van der Waals surface area contributed by atoms with Crippen molar-refractivity contribution in [3.05, 3.63) is 52.5 Å². The minimum absolute atomic E-state index is 0.153. The maximum absolute atomic E-state index is 12.1. The molecule has 98 valence electrons. The molecular weight excluding hydrogens is 310 g/mol. The molecule has 0 radical (unpaired) electrons. The Bertz CT molecular complexity index is 596. The lowest BCUT2D eigenvalue weighted by Crippen LogP contribution is -2.12. The minimum atomic E-state index is -0.253. The molecule has 2 aromatic carbocycles. The summed E-state index contributed by atoms with van der Waals surface area (Å²) in [6.07, 6.45) is 0. The van der Waals surface area contributed by atoms with Gasteiger partial charge in [-0.2, -0.15) is 0 Å². The number of rotatable bonds is 3. The summed E-state index contributed by atoms with van der Waals surface area (Å²) >= 11 is 3.33. The van der Waals surface area contributed by atoms with Gasteiger partial charge in [0.1, 0.15) is 11.5 Å². The topological polar surface area (TPSA) is 58.6 Å². The Hall–Kier alpha value is -2.01. The summed E-state index contributed by atoms with van der Waals surface area (Å²) in [5.41, 5.74) is 1.09. The average molecular weight is 322 g/mol. The summed E-state index contributed by atoms with van der Waals surface area (Å²) in [6, 6.07) is 11.4. The molecular formula is C14H12BrNO3. The number of nitrogens with one attached hydrogen (secondary N) is 1. The molecule has 2 rings (SSSR count). The van der Waals surface area contributed by atoms with Gasteiger partial charge in [0.25, 0.3) is 5.91 Å². The third kappa shape index (κ3) is 3.26. The zero-order valence-corrected chi connectivity index (χ0v) is 11.8. The van der Waals surface area contributed by atoms with Crippen LogP contribution in [-0.2, 0) is 0 Å². The highest BCUT2D eigenvalue weighted by Crippen LogP contribution is 2.24. The van der Waals surface area contributed by atoms with Gasteiger partial charge in [-0.1, -0.05) is 0 Å². The number of hydrogen-bond acceptors (Lipinski definition) is 3. The Morgan fingerprint density at radius 2 is 1.89 bits per heavy atom. The van der Waals surface area contributed by atoms with Crippen molar-refractivity contribution in [2.45, 2.75) is 0 Å². The zero-order valence-electron chi connectivity index (χ0n) is 10.2. The Balaban J connectivity index is 2.22. The van der Waals surface area contributed by atoms with E-state index in [0.717, 1.165) is 0 Å². The lowest BCUT2D eigenvalue weighted by atomic mass is 10.2. The maximum atomic E-state index is 12.1. The van der Waals surface area contributed by atoms with Gasteiger partial charge in [0.15, 0.2) is 0 Å². The van der Waals surface area contributed by atoms with E-state index in [4.69, 9.17) is 4.74 Å². The van der Waals surface area contributed by atoms with Crippen LogP contribution in [0.25, 0.3) is 0 Å².